The minimum absolute atomic E-state index is 0.0253. The highest BCUT2D eigenvalue weighted by Gasteiger charge is 2.22. The lowest BCUT2D eigenvalue weighted by atomic mass is 10.2. The van der Waals surface area contributed by atoms with Crippen LogP contribution in [0.3, 0.4) is 0 Å². The first-order valence-electron chi connectivity index (χ1n) is 9.35. The molecule has 0 spiro atoms. The third-order valence-corrected chi connectivity index (χ3v) is 4.80. The molecule has 28 heavy (non-hydrogen) atoms. The first kappa shape index (κ1) is 17.9. The number of carbonyl (C=O) groups excluding carboxylic acids is 1. The highest BCUT2D eigenvalue weighted by molar-refractivity contribution is 5.74. The van der Waals surface area contributed by atoms with E-state index in [1.54, 1.807) is 12.4 Å². The largest absolute Gasteiger partial charge is 0.352 e. The van der Waals surface area contributed by atoms with Crippen molar-refractivity contribution < 1.29 is 4.79 Å². The molecule has 2 aromatic heterocycles. The number of benzene rings is 1. The Labute approximate surface area is 164 Å². The number of urea groups is 1. The second kappa shape index (κ2) is 8.47. The molecule has 7 nitrogen and oxygen atoms in total. The van der Waals surface area contributed by atoms with E-state index in [1.807, 2.05) is 59.5 Å². The van der Waals surface area contributed by atoms with Gasteiger partial charge in [0.15, 0.2) is 5.82 Å². The van der Waals surface area contributed by atoms with E-state index in [1.165, 1.54) is 0 Å². The van der Waals surface area contributed by atoms with Crippen molar-refractivity contribution in [1.82, 2.24) is 25.4 Å². The van der Waals surface area contributed by atoms with Crippen LogP contribution in [-0.4, -0.2) is 52.3 Å². The summed E-state index contributed by atoms with van der Waals surface area (Å²) in [6.07, 6.45) is 3.49. The Bertz CT molecular complexity index is 893. The molecule has 3 aromatic rings. The fourth-order valence-electron chi connectivity index (χ4n) is 3.19. The van der Waals surface area contributed by atoms with Gasteiger partial charge in [0, 0.05) is 50.7 Å². The number of piperazine rings is 1. The van der Waals surface area contributed by atoms with Gasteiger partial charge in [0.2, 0.25) is 0 Å². The summed E-state index contributed by atoms with van der Waals surface area (Å²) in [7, 11) is 0. The van der Waals surface area contributed by atoms with Crippen molar-refractivity contribution in [3.63, 3.8) is 0 Å². The summed E-state index contributed by atoms with van der Waals surface area (Å²) in [5, 5.41) is 11.7. The van der Waals surface area contributed by atoms with Gasteiger partial charge >= 0.3 is 6.03 Å². The Kier molecular flexibility index (Phi) is 5.42. The summed E-state index contributed by atoms with van der Waals surface area (Å²) in [5.74, 6) is 0.835. The van der Waals surface area contributed by atoms with Gasteiger partial charge in [0.05, 0.1) is 5.69 Å². The second-order valence-electron chi connectivity index (χ2n) is 6.63. The summed E-state index contributed by atoms with van der Waals surface area (Å²) < 4.78 is 0. The van der Waals surface area contributed by atoms with Crippen molar-refractivity contribution in [3.05, 3.63) is 72.6 Å². The molecule has 1 saturated heterocycles. The minimum Gasteiger partial charge on any atom is -0.352 e. The fourth-order valence-corrected chi connectivity index (χ4v) is 3.19. The predicted octanol–water partition coefficient (Wildman–Crippen LogP) is 2.57. The fraction of sp³-hybridized carbons (Fsp3) is 0.238. The van der Waals surface area contributed by atoms with Gasteiger partial charge in [0.25, 0.3) is 0 Å². The summed E-state index contributed by atoms with van der Waals surface area (Å²) in [4.78, 5) is 20.4. The van der Waals surface area contributed by atoms with Crippen LogP contribution in [0.15, 0.2) is 67.0 Å². The molecule has 1 aliphatic rings. The Hall–Kier alpha value is -3.48. The van der Waals surface area contributed by atoms with E-state index in [9.17, 15) is 4.79 Å². The summed E-state index contributed by atoms with van der Waals surface area (Å²) in [6.45, 7) is 3.34. The van der Waals surface area contributed by atoms with Crippen molar-refractivity contribution in [2.45, 2.75) is 6.54 Å². The normalized spacial score (nSPS) is 14.0. The average Bonchev–Trinajstić information content (AvgIpc) is 2.79. The standard InChI is InChI=1S/C21H22N6O/c28-21(23-16-17-4-2-1-3-5-17)27-14-12-26(13-15-27)20-7-6-19(24-25-20)18-8-10-22-11-9-18/h1-11H,12-16H2,(H,23,28). The quantitative estimate of drug-likeness (QED) is 0.760. The highest BCUT2D eigenvalue weighted by atomic mass is 16.2. The Morgan fingerprint density at radius 1 is 0.893 bits per heavy atom. The van der Waals surface area contributed by atoms with Crippen LogP contribution in [-0.2, 0) is 6.54 Å². The number of hydrogen-bond acceptors (Lipinski definition) is 5. The molecule has 0 aliphatic carbocycles. The minimum atomic E-state index is -0.0253. The third-order valence-electron chi connectivity index (χ3n) is 4.80. The zero-order valence-electron chi connectivity index (χ0n) is 15.5. The van der Waals surface area contributed by atoms with E-state index in [4.69, 9.17) is 0 Å². The Balaban J connectivity index is 1.29. The molecule has 142 valence electrons. The predicted molar refractivity (Wildman–Crippen MR) is 108 cm³/mol. The van der Waals surface area contributed by atoms with Gasteiger partial charge < -0.3 is 15.1 Å². The lowest BCUT2D eigenvalue weighted by Crippen LogP contribution is -2.51. The SMILES string of the molecule is O=C(NCc1ccccc1)N1CCN(c2ccc(-c3ccncc3)nn2)CC1. The van der Waals surface area contributed by atoms with Crippen LogP contribution in [0.2, 0.25) is 0 Å². The summed E-state index contributed by atoms with van der Waals surface area (Å²) in [6, 6.07) is 17.7. The van der Waals surface area contributed by atoms with Gasteiger partial charge in [-0.25, -0.2) is 4.79 Å². The monoisotopic (exact) mass is 374 g/mol. The van der Waals surface area contributed by atoms with Crippen LogP contribution in [0.4, 0.5) is 10.6 Å². The number of hydrogen-bond donors (Lipinski definition) is 1. The first-order valence-corrected chi connectivity index (χ1v) is 9.35. The van der Waals surface area contributed by atoms with Crippen molar-refractivity contribution in [3.8, 4) is 11.3 Å². The van der Waals surface area contributed by atoms with Gasteiger partial charge in [-0.15, -0.1) is 10.2 Å². The van der Waals surface area contributed by atoms with E-state index in [0.717, 1.165) is 35.7 Å². The molecule has 3 heterocycles. The maximum Gasteiger partial charge on any atom is 0.317 e. The summed E-state index contributed by atoms with van der Waals surface area (Å²) >= 11 is 0. The molecule has 1 N–H and O–H groups in total. The average molecular weight is 374 g/mol. The van der Waals surface area contributed by atoms with Gasteiger partial charge in [-0.2, -0.15) is 0 Å². The lowest BCUT2D eigenvalue weighted by molar-refractivity contribution is 0.194. The smallest absolute Gasteiger partial charge is 0.317 e. The van der Waals surface area contributed by atoms with Crippen molar-refractivity contribution in [2.24, 2.45) is 0 Å². The van der Waals surface area contributed by atoms with Crippen molar-refractivity contribution in [1.29, 1.82) is 0 Å². The Morgan fingerprint density at radius 3 is 2.32 bits per heavy atom. The zero-order chi connectivity index (χ0) is 19.2. The van der Waals surface area contributed by atoms with E-state index in [-0.39, 0.29) is 6.03 Å². The van der Waals surface area contributed by atoms with Gasteiger partial charge in [-0.3, -0.25) is 4.98 Å². The number of amides is 2. The lowest BCUT2D eigenvalue weighted by Gasteiger charge is -2.35. The molecule has 1 fully saturated rings. The molecular weight excluding hydrogens is 352 g/mol. The van der Waals surface area contributed by atoms with E-state index in [0.29, 0.717) is 19.6 Å². The van der Waals surface area contributed by atoms with E-state index < -0.39 is 0 Å². The number of nitrogens with zero attached hydrogens (tertiary/aromatic N) is 5. The van der Waals surface area contributed by atoms with E-state index in [2.05, 4.69) is 25.4 Å². The molecule has 4 rings (SSSR count). The molecule has 7 heteroatoms. The number of aromatic nitrogens is 3. The highest BCUT2D eigenvalue weighted by Crippen LogP contribution is 2.18. The number of nitrogens with one attached hydrogen (secondary N) is 1. The Morgan fingerprint density at radius 2 is 1.64 bits per heavy atom. The molecule has 1 aliphatic heterocycles. The molecule has 1 aromatic carbocycles. The van der Waals surface area contributed by atoms with Crippen molar-refractivity contribution in [2.75, 3.05) is 31.1 Å². The zero-order valence-corrected chi connectivity index (χ0v) is 15.5. The van der Waals surface area contributed by atoms with Gasteiger partial charge in [0.1, 0.15) is 0 Å². The first-order chi connectivity index (χ1) is 13.8. The topological polar surface area (TPSA) is 74.2 Å². The van der Waals surface area contributed by atoms with Crippen LogP contribution in [0.25, 0.3) is 11.3 Å². The molecule has 0 atom stereocenters. The van der Waals surface area contributed by atoms with Crippen LogP contribution in [0.1, 0.15) is 5.56 Å². The van der Waals surface area contributed by atoms with Crippen LogP contribution >= 0.6 is 0 Å². The van der Waals surface area contributed by atoms with Gasteiger partial charge in [-0.05, 0) is 29.8 Å². The maximum atomic E-state index is 12.4. The molecule has 0 bridgehead atoms. The molecule has 0 unspecified atom stereocenters. The van der Waals surface area contributed by atoms with Crippen molar-refractivity contribution >= 4 is 11.8 Å². The number of anilines is 1. The van der Waals surface area contributed by atoms with Crippen LogP contribution in [0, 0.1) is 0 Å². The number of rotatable bonds is 4. The van der Waals surface area contributed by atoms with Crippen LogP contribution < -0.4 is 10.2 Å². The third kappa shape index (κ3) is 4.25. The summed E-state index contributed by atoms with van der Waals surface area (Å²) in [5.41, 5.74) is 2.91. The van der Waals surface area contributed by atoms with Crippen LogP contribution in [0.5, 0.6) is 0 Å². The molecule has 2 amide bonds. The molecule has 0 saturated carbocycles. The second-order valence-corrected chi connectivity index (χ2v) is 6.63. The van der Waals surface area contributed by atoms with Gasteiger partial charge in [-0.1, -0.05) is 30.3 Å². The number of carbonyl (C=O) groups is 1. The van der Waals surface area contributed by atoms with E-state index >= 15 is 0 Å². The molecular formula is C21H22N6O. The molecule has 0 radical (unpaired) electrons. The maximum absolute atomic E-state index is 12.4. The number of pyridine rings is 1.